The molecular weight excluding hydrogens is 326 g/mol. The zero-order valence-electron chi connectivity index (χ0n) is 13.4. The minimum Gasteiger partial charge on any atom is -0.247 e. The van der Waals surface area contributed by atoms with Crippen molar-refractivity contribution in [2.24, 2.45) is 0 Å². The Kier molecular flexibility index (Phi) is 3.22. The Morgan fingerprint density at radius 2 is 1.44 bits per heavy atom. The molecule has 0 aliphatic heterocycles. The van der Waals surface area contributed by atoms with E-state index in [0.29, 0.717) is 0 Å². The van der Waals surface area contributed by atoms with Crippen LogP contribution in [0.1, 0.15) is 16.7 Å². The predicted octanol–water partition coefficient (Wildman–Crippen LogP) is 6.46. The molecule has 25 heavy (non-hydrogen) atoms. The van der Waals surface area contributed by atoms with Crippen LogP contribution in [0.5, 0.6) is 0 Å². The van der Waals surface area contributed by atoms with Gasteiger partial charge in [-0.15, -0.1) is 0 Å². The Morgan fingerprint density at radius 3 is 2.28 bits per heavy atom. The van der Waals surface area contributed by atoms with Crippen LogP contribution in [0.15, 0.2) is 78.9 Å². The number of hydrogen-bond acceptors (Lipinski definition) is 1. The van der Waals surface area contributed by atoms with Gasteiger partial charge in [-0.1, -0.05) is 66.2 Å². The zero-order valence-corrected chi connectivity index (χ0v) is 14.2. The maximum Gasteiger partial charge on any atom is 0.0794 e. The summed E-state index contributed by atoms with van der Waals surface area (Å²) >= 11 is 6.03. The SMILES string of the molecule is Clc1ccc(/C=C2/c3ccccc3-c3nc4ccccc4cc32)cc1. The standard InChI is InChI=1S/C23H14ClN/c24-17-11-9-15(10-12-17)13-20-18-6-2-3-7-19(18)23-21(20)14-16-5-1-4-8-22(16)25-23/h1-14H/b20-13-. The van der Waals surface area contributed by atoms with Crippen molar-refractivity contribution < 1.29 is 0 Å². The second kappa shape index (κ2) is 5.58. The lowest BCUT2D eigenvalue weighted by atomic mass is 10.0. The maximum atomic E-state index is 6.03. The zero-order chi connectivity index (χ0) is 16.8. The molecule has 0 fully saturated rings. The number of para-hydroxylation sites is 1. The molecule has 3 aromatic carbocycles. The number of nitrogens with zero attached hydrogens (tertiary/aromatic N) is 1. The topological polar surface area (TPSA) is 12.9 Å². The minimum atomic E-state index is 0.752. The van der Waals surface area contributed by atoms with Crippen LogP contribution in [0.2, 0.25) is 5.02 Å². The normalized spacial score (nSPS) is 13.9. The fourth-order valence-electron chi connectivity index (χ4n) is 3.48. The number of pyridine rings is 1. The number of rotatable bonds is 1. The number of aromatic nitrogens is 1. The van der Waals surface area contributed by atoms with Crippen molar-refractivity contribution in [1.29, 1.82) is 0 Å². The van der Waals surface area contributed by atoms with E-state index in [-0.39, 0.29) is 0 Å². The molecule has 0 saturated heterocycles. The molecule has 1 heterocycles. The minimum absolute atomic E-state index is 0.752. The molecule has 0 bridgehead atoms. The van der Waals surface area contributed by atoms with E-state index in [0.717, 1.165) is 27.2 Å². The van der Waals surface area contributed by atoms with Gasteiger partial charge in [-0.25, -0.2) is 4.98 Å². The summed E-state index contributed by atoms with van der Waals surface area (Å²) in [4.78, 5) is 4.94. The largest absolute Gasteiger partial charge is 0.247 e. The lowest BCUT2D eigenvalue weighted by Gasteiger charge is -2.05. The summed E-state index contributed by atoms with van der Waals surface area (Å²) in [5, 5.41) is 1.91. The molecule has 1 aliphatic rings. The van der Waals surface area contributed by atoms with Crippen molar-refractivity contribution in [1.82, 2.24) is 4.98 Å². The Balaban J connectivity index is 1.80. The molecule has 2 heteroatoms. The van der Waals surface area contributed by atoms with E-state index in [1.807, 2.05) is 30.3 Å². The van der Waals surface area contributed by atoms with E-state index in [1.165, 1.54) is 22.3 Å². The van der Waals surface area contributed by atoms with Crippen LogP contribution in [-0.2, 0) is 0 Å². The Hall–Kier alpha value is -2.90. The summed E-state index contributed by atoms with van der Waals surface area (Å²) in [6.07, 6.45) is 2.22. The molecule has 0 saturated carbocycles. The van der Waals surface area contributed by atoms with E-state index < -0.39 is 0 Å². The average Bonchev–Trinajstić information content (AvgIpc) is 2.95. The Labute approximate surface area is 151 Å². The molecule has 118 valence electrons. The van der Waals surface area contributed by atoms with Gasteiger partial charge in [0.1, 0.15) is 0 Å². The van der Waals surface area contributed by atoms with Crippen LogP contribution < -0.4 is 0 Å². The molecule has 1 aromatic heterocycles. The van der Waals surface area contributed by atoms with Gasteiger partial charge < -0.3 is 0 Å². The van der Waals surface area contributed by atoms with Gasteiger partial charge in [-0.2, -0.15) is 0 Å². The molecular formula is C23H14ClN. The van der Waals surface area contributed by atoms with E-state index in [9.17, 15) is 0 Å². The van der Waals surface area contributed by atoms with Crippen LogP contribution in [-0.4, -0.2) is 4.98 Å². The number of benzene rings is 3. The van der Waals surface area contributed by atoms with Gasteiger partial charge in [0, 0.05) is 21.5 Å². The van der Waals surface area contributed by atoms with Crippen LogP contribution in [0.25, 0.3) is 33.8 Å². The van der Waals surface area contributed by atoms with Crippen LogP contribution in [0, 0.1) is 0 Å². The quantitative estimate of drug-likeness (QED) is 0.341. The van der Waals surface area contributed by atoms with Gasteiger partial charge in [0.25, 0.3) is 0 Å². The van der Waals surface area contributed by atoms with Gasteiger partial charge in [-0.3, -0.25) is 0 Å². The Morgan fingerprint density at radius 1 is 0.720 bits per heavy atom. The molecule has 0 spiro atoms. The highest BCUT2D eigenvalue weighted by atomic mass is 35.5. The molecule has 0 radical (unpaired) electrons. The summed E-state index contributed by atoms with van der Waals surface area (Å²) in [5.41, 5.74) is 8.06. The monoisotopic (exact) mass is 339 g/mol. The predicted molar refractivity (Wildman–Crippen MR) is 106 cm³/mol. The van der Waals surface area contributed by atoms with E-state index in [1.54, 1.807) is 0 Å². The van der Waals surface area contributed by atoms with Gasteiger partial charge in [0.2, 0.25) is 0 Å². The van der Waals surface area contributed by atoms with Crippen molar-refractivity contribution in [2.45, 2.75) is 0 Å². The van der Waals surface area contributed by atoms with Gasteiger partial charge in [0.15, 0.2) is 0 Å². The van der Waals surface area contributed by atoms with Crippen LogP contribution in [0.3, 0.4) is 0 Å². The maximum absolute atomic E-state index is 6.03. The summed E-state index contributed by atoms with van der Waals surface area (Å²) in [5.74, 6) is 0. The highest BCUT2D eigenvalue weighted by Gasteiger charge is 2.24. The van der Waals surface area contributed by atoms with Gasteiger partial charge >= 0.3 is 0 Å². The summed E-state index contributed by atoms with van der Waals surface area (Å²) < 4.78 is 0. The lowest BCUT2D eigenvalue weighted by Crippen LogP contribution is -1.87. The third kappa shape index (κ3) is 2.36. The molecule has 1 aliphatic carbocycles. The Bertz CT molecular complexity index is 1140. The van der Waals surface area contributed by atoms with Crippen LogP contribution >= 0.6 is 11.6 Å². The van der Waals surface area contributed by atoms with Crippen molar-refractivity contribution in [3.05, 3.63) is 101 Å². The highest BCUT2D eigenvalue weighted by Crippen LogP contribution is 2.44. The summed E-state index contributed by atoms with van der Waals surface area (Å²) in [6, 6.07) is 26.9. The molecule has 0 unspecified atom stereocenters. The first-order chi connectivity index (χ1) is 12.3. The highest BCUT2D eigenvalue weighted by molar-refractivity contribution is 6.30. The van der Waals surface area contributed by atoms with E-state index in [2.05, 4.69) is 54.6 Å². The van der Waals surface area contributed by atoms with E-state index in [4.69, 9.17) is 16.6 Å². The molecule has 0 N–H and O–H groups in total. The first-order valence-electron chi connectivity index (χ1n) is 8.27. The molecule has 0 amide bonds. The summed E-state index contributed by atoms with van der Waals surface area (Å²) in [7, 11) is 0. The number of fused-ring (bicyclic) bond motifs is 4. The van der Waals surface area contributed by atoms with Crippen molar-refractivity contribution in [3.63, 3.8) is 0 Å². The second-order valence-electron chi connectivity index (χ2n) is 6.23. The average molecular weight is 340 g/mol. The first kappa shape index (κ1) is 14.4. The third-order valence-electron chi connectivity index (χ3n) is 4.67. The smallest absolute Gasteiger partial charge is 0.0794 e. The molecule has 5 rings (SSSR count). The van der Waals surface area contributed by atoms with Crippen molar-refractivity contribution >= 4 is 34.2 Å². The van der Waals surface area contributed by atoms with E-state index >= 15 is 0 Å². The molecule has 0 atom stereocenters. The second-order valence-corrected chi connectivity index (χ2v) is 6.67. The van der Waals surface area contributed by atoms with Crippen molar-refractivity contribution in [2.75, 3.05) is 0 Å². The summed E-state index contributed by atoms with van der Waals surface area (Å²) in [6.45, 7) is 0. The number of hydrogen-bond donors (Lipinski definition) is 0. The fraction of sp³-hybridized carbons (Fsp3) is 0. The lowest BCUT2D eigenvalue weighted by molar-refractivity contribution is 1.40. The van der Waals surface area contributed by atoms with Crippen LogP contribution in [0.4, 0.5) is 0 Å². The van der Waals surface area contributed by atoms with Gasteiger partial charge in [-0.05, 0) is 47.0 Å². The van der Waals surface area contributed by atoms with Crippen molar-refractivity contribution in [3.8, 4) is 11.3 Å². The molecule has 1 nitrogen and oxygen atoms in total. The van der Waals surface area contributed by atoms with Gasteiger partial charge in [0.05, 0.1) is 11.2 Å². The number of halogens is 1. The third-order valence-corrected chi connectivity index (χ3v) is 4.92. The fourth-order valence-corrected chi connectivity index (χ4v) is 3.60. The first-order valence-corrected chi connectivity index (χ1v) is 8.64. The molecule has 4 aromatic rings.